The van der Waals surface area contributed by atoms with Gasteiger partial charge in [-0.05, 0) is 29.0 Å². The minimum absolute atomic E-state index is 0.0350. The Morgan fingerprint density at radius 2 is 1.24 bits per heavy atom. The zero-order valence-corrected chi connectivity index (χ0v) is 42.8. The monoisotopic (exact) mass is 1120 g/mol. The summed E-state index contributed by atoms with van der Waals surface area (Å²) < 4.78 is 40.7. The van der Waals surface area contributed by atoms with Crippen LogP contribution in [0.1, 0.15) is 84.3 Å². The van der Waals surface area contributed by atoms with Gasteiger partial charge in [-0.3, -0.25) is 0 Å². The van der Waals surface area contributed by atoms with Gasteiger partial charge in [0, 0.05) is 15.9 Å². The molecule has 6 heteroatoms. The normalized spacial score (nSPS) is 14.6. The topological polar surface area (TPSA) is 36.9 Å². The molecule has 0 saturated carbocycles. The number of nitrogens with zero attached hydrogens (tertiary/aromatic N) is 4. The molecule has 0 N–H and O–H groups in total. The zero-order chi connectivity index (χ0) is 51.2. The third kappa shape index (κ3) is 7.47. The van der Waals surface area contributed by atoms with E-state index in [-0.39, 0.29) is 11.0 Å². The Morgan fingerprint density at radius 1 is 0.611 bits per heavy atom. The number of fused-ring (bicyclic) bond motifs is 4. The van der Waals surface area contributed by atoms with Crippen LogP contribution in [0.4, 0.5) is 0 Å². The van der Waals surface area contributed by atoms with E-state index in [0.717, 1.165) is 60.7 Å². The van der Waals surface area contributed by atoms with Gasteiger partial charge in [0.2, 0.25) is 0 Å². The summed E-state index contributed by atoms with van der Waals surface area (Å²) in [5, 5.41) is 1.95. The van der Waals surface area contributed by atoms with Crippen LogP contribution in [-0.2, 0) is 37.6 Å². The first-order valence-electron chi connectivity index (χ1n) is 26.7. The summed E-state index contributed by atoms with van der Waals surface area (Å²) in [6.07, 6.45) is 8.73. The van der Waals surface area contributed by atoms with Crippen LogP contribution in [-0.4, -0.2) is 18.7 Å². The first-order chi connectivity index (χ1) is 36.4. The predicted octanol–water partition coefficient (Wildman–Crippen LogP) is 16.7. The number of aryl methyl sites for hydroxylation is 1. The van der Waals surface area contributed by atoms with Gasteiger partial charge in [-0.25, -0.2) is 0 Å². The second-order valence-electron chi connectivity index (χ2n) is 20.4. The SMILES string of the molecule is [2H]C([2H])([2H])c1cc(-n2c3[c-]c(Oc4[c-]c(-n5[c](=[Pt])n(-c6c(-c7ccccc7)c7c8c(c6-c6ccccc6)CCCC8CCC7)c6ccccc65)ccc4)ccc3c3ccccc32)ncc1-c1ccc(C(C)(C)C)cc1. The number of hydrogen-bond donors (Lipinski definition) is 0. The van der Waals surface area contributed by atoms with Crippen LogP contribution in [0.25, 0.3) is 83.4 Å². The van der Waals surface area contributed by atoms with Crippen molar-refractivity contribution in [1.82, 2.24) is 18.7 Å². The molecular formula is C66H54N4OPt-2. The molecule has 0 spiro atoms. The standard InChI is InChI=1S/C66H54N4O.Pt/c1-43-38-61(67-41-56(43)44-32-34-48(35-33-44)66(2,3)4)70-57-29-12-11-26-52(57)53-37-36-51(40-60(53)70)71-50-25-17-24-49(39-50)68-42-69(59-31-14-13-30-58(59)68)65-63(46-18-7-5-8-19-46)54-27-15-22-45-23-16-28-55(62(45)54)64(65)47-20-9-6-10-21-47;/h5-14,17-21,24-26,29-38,41,45H,15-16,22-23,27-28H2,1-4H3;/q-2;/i1D3;. The van der Waals surface area contributed by atoms with Crippen molar-refractivity contribution in [3.63, 3.8) is 0 Å². The molecule has 2 aliphatic carbocycles. The summed E-state index contributed by atoms with van der Waals surface area (Å²) in [6.45, 7) is 4.11. The summed E-state index contributed by atoms with van der Waals surface area (Å²) >= 11 is 2.54. The average Bonchev–Trinajstić information content (AvgIpc) is 3.93. The van der Waals surface area contributed by atoms with Crippen molar-refractivity contribution in [3.05, 3.63) is 220 Å². The molecule has 72 heavy (non-hydrogen) atoms. The predicted molar refractivity (Wildman–Crippen MR) is 291 cm³/mol. The van der Waals surface area contributed by atoms with Gasteiger partial charge in [-0.2, -0.15) is 0 Å². The molecule has 0 aliphatic heterocycles. The fourth-order valence-electron chi connectivity index (χ4n) is 11.8. The van der Waals surface area contributed by atoms with Gasteiger partial charge in [0.1, 0.15) is 0 Å². The van der Waals surface area contributed by atoms with E-state index >= 15 is 0 Å². The van der Waals surface area contributed by atoms with Crippen molar-refractivity contribution >= 4 is 32.8 Å². The molecule has 13 rings (SSSR count). The van der Waals surface area contributed by atoms with Crippen LogP contribution < -0.4 is 4.74 Å². The number of pyridine rings is 1. The van der Waals surface area contributed by atoms with Crippen LogP contribution in [0, 0.1) is 22.8 Å². The van der Waals surface area contributed by atoms with Crippen LogP contribution in [0.15, 0.2) is 176 Å². The van der Waals surface area contributed by atoms with E-state index in [1.54, 1.807) is 17.8 Å². The van der Waals surface area contributed by atoms with Crippen LogP contribution in [0.3, 0.4) is 0 Å². The Bertz CT molecular complexity index is 4010. The van der Waals surface area contributed by atoms with E-state index in [4.69, 9.17) is 13.8 Å². The van der Waals surface area contributed by atoms with E-state index in [1.807, 2.05) is 59.2 Å². The number of ether oxygens (including phenoxy) is 1. The molecule has 0 radical (unpaired) electrons. The molecule has 5 nitrogen and oxygen atoms in total. The molecule has 356 valence electrons. The van der Waals surface area contributed by atoms with Crippen LogP contribution in [0.2, 0.25) is 0 Å². The third-order valence-corrected chi connectivity index (χ3v) is 16.1. The van der Waals surface area contributed by atoms with Gasteiger partial charge in [-0.15, -0.1) is 0 Å². The Morgan fingerprint density at radius 3 is 1.90 bits per heavy atom. The number of aromatic nitrogens is 4. The molecule has 0 fully saturated rings. The molecule has 8 aromatic carbocycles. The summed E-state index contributed by atoms with van der Waals surface area (Å²) in [6, 6.07) is 66.2. The second-order valence-corrected chi connectivity index (χ2v) is 21.5. The fourth-order valence-corrected chi connectivity index (χ4v) is 12.9. The van der Waals surface area contributed by atoms with Crippen molar-refractivity contribution in [2.24, 2.45) is 0 Å². The molecular weight excluding hydrogens is 1060 g/mol. The molecule has 0 bridgehead atoms. The van der Waals surface area contributed by atoms with E-state index < -0.39 is 6.85 Å². The molecule has 3 heterocycles. The minimum atomic E-state index is -2.40. The Hall–Kier alpha value is -7.33. The van der Waals surface area contributed by atoms with Crippen molar-refractivity contribution in [1.29, 1.82) is 0 Å². The van der Waals surface area contributed by atoms with Crippen molar-refractivity contribution in [2.75, 3.05) is 0 Å². The molecule has 3 aromatic heterocycles. The quantitative estimate of drug-likeness (QED) is 0.142. The van der Waals surface area contributed by atoms with Gasteiger partial charge < -0.3 is 0 Å². The van der Waals surface area contributed by atoms with Gasteiger partial charge in [-0.1, -0.05) is 57.2 Å². The van der Waals surface area contributed by atoms with E-state index in [0.29, 0.717) is 28.8 Å². The van der Waals surface area contributed by atoms with E-state index in [2.05, 4.69) is 171 Å². The molecule has 0 saturated heterocycles. The summed E-state index contributed by atoms with van der Waals surface area (Å²) in [4.78, 5) is 4.98. The number of imidazole rings is 1. The first kappa shape index (κ1) is 41.3. The number of para-hydroxylation sites is 3. The smallest absolute Gasteiger partial charge is 0.0579 e. The maximum absolute atomic E-state index is 8.70. The van der Waals surface area contributed by atoms with Crippen LogP contribution in [0.5, 0.6) is 11.5 Å². The summed E-state index contributed by atoms with van der Waals surface area (Å²) in [7, 11) is 0. The van der Waals surface area contributed by atoms with Gasteiger partial charge in [0.25, 0.3) is 0 Å². The number of rotatable bonds is 8. The maximum atomic E-state index is 8.70. The Balaban J connectivity index is 0.943. The van der Waals surface area contributed by atoms with Gasteiger partial charge >= 0.3 is 337 Å². The zero-order valence-electron chi connectivity index (χ0n) is 43.6. The van der Waals surface area contributed by atoms with Gasteiger partial charge in [0.05, 0.1) is 0 Å². The number of hydrogen-bond acceptors (Lipinski definition) is 2. The first-order valence-corrected chi connectivity index (χ1v) is 26.3. The van der Waals surface area contributed by atoms with E-state index in [9.17, 15) is 0 Å². The third-order valence-electron chi connectivity index (χ3n) is 15.1. The summed E-state index contributed by atoms with van der Waals surface area (Å²) in [5.41, 5.74) is 18.4. The molecule has 0 amide bonds. The molecule has 0 unspecified atom stereocenters. The Labute approximate surface area is 436 Å². The second kappa shape index (κ2) is 17.8. The van der Waals surface area contributed by atoms with Crippen LogP contribution >= 0.6 is 0 Å². The fraction of sp³-hybridized carbons (Fsp3) is 0.182. The number of benzene rings is 8. The summed E-state index contributed by atoms with van der Waals surface area (Å²) in [5.74, 6) is 2.10. The average molecular weight is 1120 g/mol. The minimum Gasteiger partial charge on any atom is -0.0579 e. The molecule has 11 aromatic rings. The van der Waals surface area contributed by atoms with Crippen molar-refractivity contribution < 1.29 is 28.2 Å². The van der Waals surface area contributed by atoms with E-state index in [1.165, 1.54) is 70.3 Å². The molecule has 2 aliphatic rings. The van der Waals surface area contributed by atoms with Gasteiger partial charge in [0.15, 0.2) is 0 Å². The van der Waals surface area contributed by atoms with Crippen molar-refractivity contribution in [2.45, 2.75) is 77.5 Å². The Kier molecular flexibility index (Phi) is 10.2. The van der Waals surface area contributed by atoms with Crippen molar-refractivity contribution in [3.8, 4) is 62.1 Å². The molecule has 0 atom stereocenters.